The van der Waals surface area contributed by atoms with E-state index in [1.54, 1.807) is 0 Å². The van der Waals surface area contributed by atoms with Crippen LogP contribution in [0.15, 0.2) is 17.3 Å². The van der Waals surface area contributed by atoms with E-state index < -0.39 is 0 Å². The van der Waals surface area contributed by atoms with Crippen molar-refractivity contribution in [2.24, 2.45) is 12.0 Å². The van der Waals surface area contributed by atoms with Crippen molar-refractivity contribution < 1.29 is 0 Å². The molecule has 60 valence electrons. The van der Waals surface area contributed by atoms with Gasteiger partial charge in [-0.2, -0.15) is 0 Å². The Bertz CT molecular complexity index is 259. The predicted octanol–water partition coefficient (Wildman–Crippen LogP) is 2.45. The van der Waals surface area contributed by atoms with Gasteiger partial charge in [0.1, 0.15) is 0 Å². The lowest BCUT2D eigenvalue weighted by molar-refractivity contribution is 0.882. The first kappa shape index (κ1) is 8.05. The standard InChI is InChI=1S/C9H14N2/c1-4-6-10-9-5-7-11(3)8(9)2/h5-7H,4H2,1-3H3. The highest BCUT2D eigenvalue weighted by Gasteiger charge is 1.96. The smallest absolute Gasteiger partial charge is 0.0831 e. The maximum Gasteiger partial charge on any atom is 0.0831 e. The Kier molecular flexibility index (Phi) is 2.47. The van der Waals surface area contributed by atoms with Gasteiger partial charge < -0.3 is 4.57 Å². The van der Waals surface area contributed by atoms with E-state index in [0.29, 0.717) is 0 Å². The Labute approximate surface area is 67.6 Å². The van der Waals surface area contributed by atoms with Crippen LogP contribution in [0.4, 0.5) is 5.69 Å². The molecule has 0 unspecified atom stereocenters. The largest absolute Gasteiger partial charge is 0.353 e. The first-order valence-electron chi connectivity index (χ1n) is 3.90. The number of aliphatic imine (C=N–C) groups is 1. The van der Waals surface area contributed by atoms with Gasteiger partial charge in [0.25, 0.3) is 0 Å². The first-order valence-corrected chi connectivity index (χ1v) is 3.90. The van der Waals surface area contributed by atoms with Crippen LogP contribution < -0.4 is 0 Å². The molecule has 2 nitrogen and oxygen atoms in total. The van der Waals surface area contributed by atoms with E-state index in [1.807, 2.05) is 25.5 Å². The van der Waals surface area contributed by atoms with Crippen LogP contribution in [-0.4, -0.2) is 10.8 Å². The van der Waals surface area contributed by atoms with Gasteiger partial charge in [0.15, 0.2) is 0 Å². The van der Waals surface area contributed by atoms with Crippen LogP contribution in [-0.2, 0) is 7.05 Å². The molecule has 0 amide bonds. The average Bonchev–Trinajstić information content (AvgIpc) is 2.31. The SMILES string of the molecule is CCC=Nc1ccn(C)c1C. The molecule has 11 heavy (non-hydrogen) atoms. The van der Waals surface area contributed by atoms with Crippen molar-refractivity contribution in [1.82, 2.24) is 4.57 Å². The second-order valence-corrected chi connectivity index (χ2v) is 2.62. The maximum atomic E-state index is 4.30. The average molecular weight is 150 g/mol. The summed E-state index contributed by atoms with van der Waals surface area (Å²) in [7, 11) is 2.03. The minimum absolute atomic E-state index is 0.994. The number of nitrogens with zero attached hydrogens (tertiary/aromatic N) is 2. The zero-order chi connectivity index (χ0) is 8.27. The van der Waals surface area contributed by atoms with Crippen LogP contribution in [0.5, 0.6) is 0 Å². The number of rotatable bonds is 2. The van der Waals surface area contributed by atoms with Gasteiger partial charge in [-0.05, 0) is 19.4 Å². The van der Waals surface area contributed by atoms with Gasteiger partial charge in [-0.25, -0.2) is 0 Å². The van der Waals surface area contributed by atoms with Gasteiger partial charge in [-0.15, -0.1) is 0 Å². The van der Waals surface area contributed by atoms with Crippen molar-refractivity contribution >= 4 is 11.9 Å². The van der Waals surface area contributed by atoms with Crippen LogP contribution in [0.3, 0.4) is 0 Å². The predicted molar refractivity (Wildman–Crippen MR) is 48.6 cm³/mol. The van der Waals surface area contributed by atoms with Crippen LogP contribution in [0, 0.1) is 6.92 Å². The summed E-state index contributed by atoms with van der Waals surface area (Å²) in [5.41, 5.74) is 2.30. The minimum atomic E-state index is 0.994. The molecule has 0 saturated carbocycles. The van der Waals surface area contributed by atoms with Crippen molar-refractivity contribution in [1.29, 1.82) is 0 Å². The molecule has 0 saturated heterocycles. The van der Waals surface area contributed by atoms with Gasteiger partial charge in [0, 0.05) is 25.2 Å². The summed E-state index contributed by atoms with van der Waals surface area (Å²) in [6.45, 7) is 4.16. The zero-order valence-electron chi connectivity index (χ0n) is 7.33. The van der Waals surface area contributed by atoms with Crippen molar-refractivity contribution in [3.8, 4) is 0 Å². The molecule has 1 aromatic rings. The van der Waals surface area contributed by atoms with Crippen molar-refractivity contribution in [3.63, 3.8) is 0 Å². The molecule has 0 atom stereocenters. The fourth-order valence-electron chi connectivity index (χ4n) is 0.922. The highest BCUT2D eigenvalue weighted by molar-refractivity contribution is 5.63. The summed E-state index contributed by atoms with van der Waals surface area (Å²) in [6, 6.07) is 2.03. The van der Waals surface area contributed by atoms with Gasteiger partial charge in [0.05, 0.1) is 5.69 Å². The summed E-state index contributed by atoms with van der Waals surface area (Å²) < 4.78 is 2.07. The monoisotopic (exact) mass is 150 g/mol. The highest BCUT2D eigenvalue weighted by Crippen LogP contribution is 2.17. The molecule has 2 heteroatoms. The van der Waals surface area contributed by atoms with Gasteiger partial charge in [0.2, 0.25) is 0 Å². The van der Waals surface area contributed by atoms with E-state index in [1.165, 1.54) is 5.69 Å². The highest BCUT2D eigenvalue weighted by atomic mass is 15.0. The molecule has 0 aliphatic heterocycles. The van der Waals surface area contributed by atoms with Crippen molar-refractivity contribution in [2.75, 3.05) is 0 Å². The third-order valence-corrected chi connectivity index (χ3v) is 1.77. The quantitative estimate of drug-likeness (QED) is 0.576. The zero-order valence-corrected chi connectivity index (χ0v) is 7.33. The molecule has 0 radical (unpaired) electrons. The Morgan fingerprint density at radius 3 is 2.82 bits per heavy atom. The second-order valence-electron chi connectivity index (χ2n) is 2.62. The lowest BCUT2D eigenvalue weighted by Gasteiger charge is -1.94. The molecule has 0 aliphatic carbocycles. The number of hydrogen-bond acceptors (Lipinski definition) is 1. The number of aromatic nitrogens is 1. The molecular weight excluding hydrogens is 136 g/mol. The molecule has 0 bridgehead atoms. The maximum absolute atomic E-state index is 4.30. The summed E-state index contributed by atoms with van der Waals surface area (Å²) in [5.74, 6) is 0. The fraction of sp³-hybridized carbons (Fsp3) is 0.444. The molecule has 0 spiro atoms. The van der Waals surface area contributed by atoms with Gasteiger partial charge in [-0.3, -0.25) is 4.99 Å². The minimum Gasteiger partial charge on any atom is -0.353 e. The number of aryl methyl sites for hydroxylation is 1. The van der Waals surface area contributed by atoms with Gasteiger partial charge in [-0.1, -0.05) is 6.92 Å². The van der Waals surface area contributed by atoms with E-state index in [0.717, 1.165) is 12.1 Å². The molecular formula is C9H14N2. The van der Waals surface area contributed by atoms with Crippen molar-refractivity contribution in [2.45, 2.75) is 20.3 Å². The fourth-order valence-corrected chi connectivity index (χ4v) is 0.922. The van der Waals surface area contributed by atoms with Crippen LogP contribution >= 0.6 is 0 Å². The molecule has 1 rings (SSSR count). The van der Waals surface area contributed by atoms with E-state index in [2.05, 4.69) is 23.4 Å². The molecule has 0 aromatic carbocycles. The third-order valence-electron chi connectivity index (χ3n) is 1.77. The summed E-state index contributed by atoms with van der Waals surface area (Å²) in [5, 5.41) is 0. The Morgan fingerprint density at radius 2 is 2.36 bits per heavy atom. The summed E-state index contributed by atoms with van der Waals surface area (Å²) in [4.78, 5) is 4.30. The normalized spacial score (nSPS) is 11.2. The van der Waals surface area contributed by atoms with Crippen LogP contribution in [0.25, 0.3) is 0 Å². The Morgan fingerprint density at radius 1 is 1.64 bits per heavy atom. The number of hydrogen-bond donors (Lipinski definition) is 0. The molecule has 0 aliphatic rings. The van der Waals surface area contributed by atoms with Crippen LogP contribution in [0.1, 0.15) is 19.0 Å². The Hall–Kier alpha value is -1.05. The molecule has 1 aromatic heterocycles. The van der Waals surface area contributed by atoms with E-state index in [-0.39, 0.29) is 0 Å². The van der Waals surface area contributed by atoms with Crippen LogP contribution in [0.2, 0.25) is 0 Å². The second kappa shape index (κ2) is 3.37. The lowest BCUT2D eigenvalue weighted by atomic mass is 10.4. The first-order chi connectivity index (χ1) is 5.25. The summed E-state index contributed by atoms with van der Waals surface area (Å²) in [6.07, 6.45) is 4.95. The Balaban J connectivity index is 2.87. The lowest BCUT2D eigenvalue weighted by Crippen LogP contribution is -1.86. The van der Waals surface area contributed by atoms with E-state index >= 15 is 0 Å². The van der Waals surface area contributed by atoms with E-state index in [9.17, 15) is 0 Å². The molecule has 1 heterocycles. The molecule has 0 N–H and O–H groups in total. The van der Waals surface area contributed by atoms with Crippen molar-refractivity contribution in [3.05, 3.63) is 18.0 Å². The third kappa shape index (κ3) is 1.70. The van der Waals surface area contributed by atoms with Gasteiger partial charge >= 0.3 is 0 Å². The van der Waals surface area contributed by atoms with E-state index in [4.69, 9.17) is 0 Å². The summed E-state index contributed by atoms with van der Waals surface area (Å²) >= 11 is 0. The topological polar surface area (TPSA) is 17.3 Å². The molecule has 0 fully saturated rings.